The maximum Gasteiger partial charge on any atom is 0.113 e. The lowest BCUT2D eigenvalue weighted by molar-refractivity contribution is 0.552. The minimum absolute atomic E-state index is 0.445. The van der Waals surface area contributed by atoms with Crippen LogP contribution in [0.15, 0.2) is 18.9 Å². The molecule has 0 bridgehead atoms. The second-order valence-corrected chi connectivity index (χ2v) is 4.61. The van der Waals surface area contributed by atoms with Crippen molar-refractivity contribution in [3.05, 3.63) is 28.2 Å². The summed E-state index contributed by atoms with van der Waals surface area (Å²) < 4.78 is 0.744. The van der Waals surface area contributed by atoms with Crippen molar-refractivity contribution in [1.29, 1.82) is 0 Å². The van der Waals surface area contributed by atoms with E-state index in [4.69, 9.17) is 11.6 Å². The molecule has 0 saturated carbocycles. The number of rotatable bonds is 5. The van der Waals surface area contributed by atoms with Gasteiger partial charge < -0.3 is 5.32 Å². The summed E-state index contributed by atoms with van der Waals surface area (Å²) in [5.41, 5.74) is 0. The van der Waals surface area contributed by atoms with E-state index >= 15 is 0 Å². The van der Waals surface area contributed by atoms with Crippen LogP contribution in [-0.4, -0.2) is 11.0 Å². The molecule has 0 spiro atoms. The average molecular weight is 217 g/mol. The van der Waals surface area contributed by atoms with Gasteiger partial charge in [0.1, 0.15) is 9.34 Å². The van der Waals surface area contributed by atoms with Crippen molar-refractivity contribution >= 4 is 22.9 Å². The number of thiazole rings is 1. The molecular formula is C9H13ClN2S. The number of halogens is 1. The highest BCUT2D eigenvalue weighted by Gasteiger charge is 2.02. The van der Waals surface area contributed by atoms with Gasteiger partial charge in [0, 0.05) is 12.6 Å². The van der Waals surface area contributed by atoms with E-state index in [1.807, 2.05) is 6.08 Å². The predicted octanol–water partition coefficient (Wildman–Crippen LogP) is 2.85. The fourth-order valence-electron chi connectivity index (χ4n) is 0.965. The number of nitrogens with zero attached hydrogens (tertiary/aromatic N) is 1. The van der Waals surface area contributed by atoms with Crippen molar-refractivity contribution in [2.75, 3.05) is 0 Å². The van der Waals surface area contributed by atoms with Crippen molar-refractivity contribution in [3.63, 3.8) is 0 Å². The molecule has 1 heterocycles. The first-order valence-corrected chi connectivity index (χ1v) is 5.36. The van der Waals surface area contributed by atoms with E-state index in [1.165, 1.54) is 11.3 Å². The highest BCUT2D eigenvalue weighted by molar-refractivity contribution is 7.15. The molecule has 1 aromatic heterocycles. The van der Waals surface area contributed by atoms with Crippen molar-refractivity contribution in [2.24, 2.45) is 0 Å². The Labute approximate surface area is 87.6 Å². The molecule has 0 radical (unpaired) electrons. The van der Waals surface area contributed by atoms with Gasteiger partial charge in [-0.3, -0.25) is 0 Å². The van der Waals surface area contributed by atoms with E-state index < -0.39 is 0 Å². The van der Waals surface area contributed by atoms with Crippen LogP contribution < -0.4 is 5.32 Å². The zero-order valence-electron chi connectivity index (χ0n) is 7.59. The molecule has 0 amide bonds. The Morgan fingerprint density at radius 3 is 3.15 bits per heavy atom. The van der Waals surface area contributed by atoms with Gasteiger partial charge >= 0.3 is 0 Å². The average Bonchev–Trinajstić information content (AvgIpc) is 2.49. The van der Waals surface area contributed by atoms with Crippen LogP contribution in [0.25, 0.3) is 0 Å². The third-order valence-corrected chi connectivity index (χ3v) is 2.76. The fourth-order valence-corrected chi connectivity index (χ4v) is 1.87. The highest BCUT2D eigenvalue weighted by atomic mass is 35.5. The zero-order valence-corrected chi connectivity index (χ0v) is 9.16. The molecule has 72 valence electrons. The van der Waals surface area contributed by atoms with Gasteiger partial charge in [0.15, 0.2) is 0 Å². The lowest BCUT2D eigenvalue weighted by Gasteiger charge is -2.09. The van der Waals surface area contributed by atoms with Crippen LogP contribution in [0.3, 0.4) is 0 Å². The van der Waals surface area contributed by atoms with Crippen LogP contribution in [0.2, 0.25) is 4.34 Å². The van der Waals surface area contributed by atoms with Crippen LogP contribution in [0.4, 0.5) is 0 Å². The molecule has 0 aliphatic rings. The predicted molar refractivity (Wildman–Crippen MR) is 58.2 cm³/mol. The summed E-state index contributed by atoms with van der Waals surface area (Å²) in [6.07, 6.45) is 4.56. The van der Waals surface area contributed by atoms with Crippen molar-refractivity contribution in [2.45, 2.75) is 25.9 Å². The summed E-state index contributed by atoms with van der Waals surface area (Å²) in [5, 5.41) is 4.36. The fraction of sp³-hybridized carbons (Fsp3) is 0.444. The Hall–Kier alpha value is -0.380. The molecule has 2 nitrogen and oxygen atoms in total. The summed E-state index contributed by atoms with van der Waals surface area (Å²) >= 11 is 7.26. The van der Waals surface area contributed by atoms with Crippen LogP contribution >= 0.6 is 22.9 Å². The molecule has 1 N–H and O–H groups in total. The van der Waals surface area contributed by atoms with Gasteiger partial charge in [-0.15, -0.1) is 17.9 Å². The number of aromatic nitrogens is 1. The highest BCUT2D eigenvalue weighted by Crippen LogP contribution is 2.17. The Morgan fingerprint density at radius 1 is 1.85 bits per heavy atom. The SMILES string of the molecule is C=CCC(C)NCc1ncc(Cl)s1. The van der Waals surface area contributed by atoms with Crippen molar-refractivity contribution in [3.8, 4) is 0 Å². The van der Waals surface area contributed by atoms with Gasteiger partial charge in [-0.25, -0.2) is 4.98 Å². The van der Waals surface area contributed by atoms with Crippen LogP contribution in [-0.2, 0) is 6.54 Å². The van der Waals surface area contributed by atoms with Gasteiger partial charge in [0.05, 0.1) is 6.20 Å². The van der Waals surface area contributed by atoms with E-state index in [9.17, 15) is 0 Å². The molecule has 0 fully saturated rings. The molecule has 1 aromatic rings. The van der Waals surface area contributed by atoms with Gasteiger partial charge in [0.25, 0.3) is 0 Å². The maximum atomic E-state index is 5.75. The normalized spacial score (nSPS) is 12.8. The quantitative estimate of drug-likeness (QED) is 0.766. The number of hydrogen-bond acceptors (Lipinski definition) is 3. The molecule has 0 aromatic carbocycles. The third-order valence-electron chi connectivity index (χ3n) is 1.65. The molecule has 13 heavy (non-hydrogen) atoms. The largest absolute Gasteiger partial charge is 0.308 e. The van der Waals surface area contributed by atoms with Crippen LogP contribution in [0.1, 0.15) is 18.4 Å². The second kappa shape index (κ2) is 5.37. The molecular weight excluding hydrogens is 204 g/mol. The Balaban J connectivity index is 2.30. The minimum atomic E-state index is 0.445. The summed E-state index contributed by atoms with van der Waals surface area (Å²) in [4.78, 5) is 4.15. The topological polar surface area (TPSA) is 24.9 Å². The smallest absolute Gasteiger partial charge is 0.113 e. The van der Waals surface area contributed by atoms with Gasteiger partial charge in [0.2, 0.25) is 0 Å². The van der Waals surface area contributed by atoms with E-state index in [0.717, 1.165) is 22.3 Å². The lowest BCUT2D eigenvalue weighted by atomic mass is 10.2. The number of nitrogens with one attached hydrogen (secondary N) is 1. The maximum absolute atomic E-state index is 5.75. The van der Waals surface area contributed by atoms with E-state index in [0.29, 0.717) is 6.04 Å². The molecule has 1 rings (SSSR count). The Bertz CT molecular complexity index is 272. The van der Waals surface area contributed by atoms with Crippen molar-refractivity contribution in [1.82, 2.24) is 10.3 Å². The molecule has 1 atom stereocenters. The van der Waals surface area contributed by atoms with Crippen LogP contribution in [0, 0.1) is 0 Å². The minimum Gasteiger partial charge on any atom is -0.308 e. The summed E-state index contributed by atoms with van der Waals surface area (Å²) in [6.45, 7) is 6.59. The standard InChI is InChI=1S/C9H13ClN2S/c1-3-4-7(2)11-6-9-12-5-8(10)13-9/h3,5,7,11H,1,4,6H2,2H3. The molecule has 0 aliphatic carbocycles. The van der Waals surface area contributed by atoms with E-state index in [2.05, 4.69) is 23.8 Å². The second-order valence-electron chi connectivity index (χ2n) is 2.86. The first kappa shape index (κ1) is 10.7. The first-order valence-electron chi connectivity index (χ1n) is 4.17. The van der Waals surface area contributed by atoms with E-state index in [-0.39, 0.29) is 0 Å². The molecule has 4 heteroatoms. The third kappa shape index (κ3) is 3.89. The molecule has 0 saturated heterocycles. The Kier molecular flexibility index (Phi) is 4.42. The summed E-state index contributed by atoms with van der Waals surface area (Å²) in [6, 6.07) is 0.445. The van der Waals surface area contributed by atoms with E-state index in [1.54, 1.807) is 6.20 Å². The monoisotopic (exact) mass is 216 g/mol. The molecule has 0 aliphatic heterocycles. The summed E-state index contributed by atoms with van der Waals surface area (Å²) in [7, 11) is 0. The van der Waals surface area contributed by atoms with Crippen molar-refractivity contribution < 1.29 is 0 Å². The molecule has 1 unspecified atom stereocenters. The van der Waals surface area contributed by atoms with Crippen LogP contribution in [0.5, 0.6) is 0 Å². The summed E-state index contributed by atoms with van der Waals surface area (Å²) in [5.74, 6) is 0. The number of hydrogen-bond donors (Lipinski definition) is 1. The zero-order chi connectivity index (χ0) is 9.68. The van der Waals surface area contributed by atoms with Gasteiger partial charge in [-0.1, -0.05) is 17.7 Å². The van der Waals surface area contributed by atoms with Gasteiger partial charge in [-0.05, 0) is 13.3 Å². The lowest BCUT2D eigenvalue weighted by Crippen LogP contribution is -2.24. The van der Waals surface area contributed by atoms with Gasteiger partial charge in [-0.2, -0.15) is 0 Å². The first-order chi connectivity index (χ1) is 6.22. The Morgan fingerprint density at radius 2 is 2.62 bits per heavy atom.